The summed E-state index contributed by atoms with van der Waals surface area (Å²) in [6.07, 6.45) is 6.45. The van der Waals surface area contributed by atoms with Gasteiger partial charge in [-0.15, -0.1) is 0 Å². The molecule has 2 nitrogen and oxygen atoms in total. The first-order valence-electron chi connectivity index (χ1n) is 20.7. The van der Waals surface area contributed by atoms with Crippen molar-refractivity contribution in [3.05, 3.63) is 147 Å². The molecule has 2 aliphatic rings. The zero-order valence-electron chi connectivity index (χ0n) is 36.1. The van der Waals surface area contributed by atoms with E-state index in [1.165, 1.54) is 55.2 Å². The van der Waals surface area contributed by atoms with E-state index in [0.29, 0.717) is 0 Å². The van der Waals surface area contributed by atoms with Crippen LogP contribution in [-0.4, -0.2) is 4.98 Å². The van der Waals surface area contributed by atoms with Crippen LogP contribution in [0, 0.1) is 6.92 Å². The molecule has 4 aromatic carbocycles. The lowest BCUT2D eigenvalue weighted by atomic mass is 9.76. The molecule has 55 heavy (non-hydrogen) atoms. The highest BCUT2D eigenvalue weighted by molar-refractivity contribution is 7.80. The van der Waals surface area contributed by atoms with Crippen molar-refractivity contribution in [2.45, 2.75) is 149 Å². The molecule has 0 fully saturated rings. The van der Waals surface area contributed by atoms with Crippen LogP contribution in [0.4, 0.5) is 5.69 Å². The number of rotatable bonds is 6. The van der Waals surface area contributed by atoms with Gasteiger partial charge in [-0.1, -0.05) is 156 Å². The van der Waals surface area contributed by atoms with Gasteiger partial charge in [0.25, 0.3) is 0 Å². The third-order valence-corrected chi connectivity index (χ3v) is 14.9. The number of nitrogens with zero attached hydrogens (tertiary/aromatic N) is 1. The van der Waals surface area contributed by atoms with Crippen molar-refractivity contribution in [2.24, 2.45) is 0 Å². The first-order valence-corrected chi connectivity index (χ1v) is 22.0. The number of aryl methyl sites for hydroxylation is 3. The molecule has 0 saturated heterocycles. The zero-order chi connectivity index (χ0) is 39.7. The highest BCUT2D eigenvalue weighted by Gasteiger charge is 2.48. The van der Waals surface area contributed by atoms with Gasteiger partial charge in [-0.25, -0.2) is 0 Å². The number of aromatic nitrogens is 1. The highest BCUT2D eigenvalue weighted by Crippen LogP contribution is 2.56. The molecule has 1 spiro atoms. The van der Waals surface area contributed by atoms with E-state index < -0.39 is 7.92 Å². The fourth-order valence-corrected chi connectivity index (χ4v) is 11.8. The summed E-state index contributed by atoms with van der Waals surface area (Å²) in [5, 5.41) is 8.43. The molecule has 0 bridgehead atoms. The average Bonchev–Trinajstić information content (AvgIpc) is 3.68. The van der Waals surface area contributed by atoms with Crippen LogP contribution < -0.4 is 21.2 Å². The average molecular weight is 749 g/mol. The Morgan fingerprint density at radius 2 is 1.05 bits per heavy atom. The Kier molecular flexibility index (Phi) is 10.1. The van der Waals surface area contributed by atoms with Gasteiger partial charge in [-0.2, -0.15) is 0 Å². The quantitative estimate of drug-likeness (QED) is 0.175. The Balaban J connectivity index is 1.51. The molecule has 0 unspecified atom stereocenters. The molecule has 1 aromatic heterocycles. The Morgan fingerprint density at radius 1 is 0.582 bits per heavy atom. The van der Waals surface area contributed by atoms with E-state index in [0.717, 1.165) is 37.9 Å². The highest BCUT2D eigenvalue weighted by atomic mass is 31.1. The molecule has 1 heterocycles. The second kappa shape index (κ2) is 14.0. The monoisotopic (exact) mass is 748 g/mol. The molecule has 1 atom stereocenters. The van der Waals surface area contributed by atoms with Crippen LogP contribution in [-0.2, 0) is 46.5 Å². The predicted octanol–water partition coefficient (Wildman–Crippen LogP) is 12.1. The van der Waals surface area contributed by atoms with Gasteiger partial charge in [0.05, 0.1) is 12.2 Å². The third-order valence-electron chi connectivity index (χ3n) is 12.5. The molecule has 3 heteroatoms. The van der Waals surface area contributed by atoms with Crippen molar-refractivity contribution in [1.29, 1.82) is 0 Å². The van der Waals surface area contributed by atoms with Crippen LogP contribution >= 0.6 is 7.92 Å². The zero-order valence-corrected chi connectivity index (χ0v) is 37.0. The van der Waals surface area contributed by atoms with Crippen molar-refractivity contribution in [1.82, 2.24) is 4.98 Å². The lowest BCUT2D eigenvalue weighted by molar-refractivity contribution is 0.510. The summed E-state index contributed by atoms with van der Waals surface area (Å²) in [5.41, 5.74) is 15.6. The minimum Gasteiger partial charge on any atom is -0.379 e. The van der Waals surface area contributed by atoms with Crippen LogP contribution in [0.1, 0.15) is 152 Å². The molecule has 7 rings (SSSR count). The van der Waals surface area contributed by atoms with Gasteiger partial charge in [0.1, 0.15) is 0 Å². The summed E-state index contributed by atoms with van der Waals surface area (Å²) < 4.78 is 0. The molecule has 0 aliphatic heterocycles. The molecule has 1 N–H and O–H groups in total. The molecule has 0 radical (unpaired) electrons. The summed E-state index contributed by atoms with van der Waals surface area (Å²) in [4.78, 5) is 4.75. The van der Waals surface area contributed by atoms with E-state index in [9.17, 15) is 0 Å². The largest absolute Gasteiger partial charge is 0.379 e. The van der Waals surface area contributed by atoms with Gasteiger partial charge in [0, 0.05) is 17.3 Å². The van der Waals surface area contributed by atoms with E-state index in [-0.39, 0.29) is 27.1 Å². The van der Waals surface area contributed by atoms with Gasteiger partial charge in [0.2, 0.25) is 0 Å². The lowest BCUT2D eigenvalue weighted by Gasteiger charge is -2.35. The van der Waals surface area contributed by atoms with Gasteiger partial charge in [-0.05, 0) is 140 Å². The number of anilines is 1. The lowest BCUT2D eigenvalue weighted by Crippen LogP contribution is -2.33. The van der Waals surface area contributed by atoms with E-state index in [2.05, 4.69) is 174 Å². The normalized spacial score (nSPS) is 17.2. The molecule has 2 aliphatic carbocycles. The van der Waals surface area contributed by atoms with Crippen molar-refractivity contribution in [3.63, 3.8) is 0 Å². The number of fused-ring (bicyclic) bond motifs is 4. The smallest absolute Gasteiger partial charge is 0.0623 e. The Hall–Kier alpha value is -3.74. The first-order chi connectivity index (χ1) is 25.7. The van der Waals surface area contributed by atoms with Gasteiger partial charge < -0.3 is 5.32 Å². The maximum Gasteiger partial charge on any atom is 0.0623 e. The second-order valence-corrected chi connectivity index (χ2v) is 22.9. The minimum absolute atomic E-state index is 0.0254. The van der Waals surface area contributed by atoms with E-state index in [1.807, 2.05) is 12.3 Å². The maximum absolute atomic E-state index is 4.75. The first kappa shape index (κ1) is 39.5. The van der Waals surface area contributed by atoms with Gasteiger partial charge in [0.15, 0.2) is 0 Å². The number of benzene rings is 4. The fourth-order valence-electron chi connectivity index (χ4n) is 9.02. The Bertz CT molecular complexity index is 2090. The Morgan fingerprint density at radius 3 is 1.53 bits per heavy atom. The summed E-state index contributed by atoms with van der Waals surface area (Å²) in [6, 6.07) is 33.9. The molecular weight excluding hydrogens is 684 g/mol. The standard InChI is InChI=1S/C52H65N2P/c1-34-17-16-26-53-44(34)33-54-43-20-14-18-35-22-24-52(46(35)43)25-23-36-19-15-21-45(47(36)52)55(41-29-37(48(2,3)4)27-38(30-41)49(5,6)7)42-31-39(50(8,9)10)28-40(32-42)51(11,12)13/h14-21,26-32,54H,22-25,33H2,1-13H3/t52-/m0/s1. The molecular formula is C52H65N2P. The summed E-state index contributed by atoms with van der Waals surface area (Å²) in [7, 11) is -0.922. The number of nitrogens with one attached hydrogen (secondary N) is 1. The third kappa shape index (κ3) is 7.58. The number of hydrogen-bond acceptors (Lipinski definition) is 2. The maximum atomic E-state index is 4.75. The Labute approximate surface area is 334 Å². The molecule has 5 aromatic rings. The van der Waals surface area contributed by atoms with Crippen LogP contribution in [0.3, 0.4) is 0 Å². The van der Waals surface area contributed by atoms with Crippen LogP contribution in [0.5, 0.6) is 0 Å². The fraction of sp³-hybridized carbons (Fsp3) is 0.442. The molecule has 288 valence electrons. The van der Waals surface area contributed by atoms with E-state index in [1.54, 1.807) is 16.4 Å². The van der Waals surface area contributed by atoms with Gasteiger partial charge >= 0.3 is 0 Å². The van der Waals surface area contributed by atoms with Crippen molar-refractivity contribution < 1.29 is 0 Å². The summed E-state index contributed by atoms with van der Waals surface area (Å²) in [6.45, 7) is 31.4. The SMILES string of the molecule is Cc1cccnc1CNc1cccc2c1[C@]1(CC2)CCc2cccc(P(c3cc(C(C)(C)C)cc(C(C)(C)C)c3)c3cc(C(C)(C)C)cc(C(C)(C)C)c3)c21. The predicted molar refractivity (Wildman–Crippen MR) is 240 cm³/mol. The summed E-state index contributed by atoms with van der Waals surface area (Å²) in [5.74, 6) is 0. The van der Waals surface area contributed by atoms with Crippen LogP contribution in [0.2, 0.25) is 0 Å². The minimum atomic E-state index is -0.922. The van der Waals surface area contributed by atoms with Crippen LogP contribution in [0.15, 0.2) is 91.1 Å². The van der Waals surface area contributed by atoms with Crippen molar-refractivity contribution in [3.8, 4) is 0 Å². The van der Waals surface area contributed by atoms with Crippen molar-refractivity contribution >= 4 is 29.5 Å². The van der Waals surface area contributed by atoms with E-state index in [4.69, 9.17) is 4.98 Å². The number of hydrogen-bond donors (Lipinski definition) is 1. The number of pyridine rings is 1. The van der Waals surface area contributed by atoms with E-state index >= 15 is 0 Å². The van der Waals surface area contributed by atoms with Crippen LogP contribution in [0.25, 0.3) is 0 Å². The topological polar surface area (TPSA) is 24.9 Å². The summed E-state index contributed by atoms with van der Waals surface area (Å²) >= 11 is 0. The second-order valence-electron chi connectivity index (χ2n) is 20.7. The van der Waals surface area contributed by atoms with Crippen molar-refractivity contribution in [2.75, 3.05) is 5.32 Å². The van der Waals surface area contributed by atoms with Gasteiger partial charge in [-0.3, -0.25) is 4.98 Å². The molecule has 0 amide bonds. The molecule has 0 saturated carbocycles.